The zero-order valence-corrected chi connectivity index (χ0v) is 6.41. The van der Waals surface area contributed by atoms with Gasteiger partial charge in [0, 0.05) is 11.3 Å². The Bertz CT molecular complexity index is 258. The Morgan fingerprint density at radius 2 is 2.09 bits per heavy atom. The molecule has 1 aromatic rings. The monoisotopic (exact) mass is 152 g/mol. The minimum absolute atomic E-state index is 0.533. The standard InChI is InChI=1S/C8H12N2O/c1-5-2-3-7(9)6(4-5)8(10)11/h2-4,8,11H,9-10H2,1H3. The van der Waals surface area contributed by atoms with E-state index >= 15 is 0 Å². The van der Waals surface area contributed by atoms with Crippen LogP contribution < -0.4 is 11.5 Å². The lowest BCUT2D eigenvalue weighted by Crippen LogP contribution is -2.11. The van der Waals surface area contributed by atoms with Gasteiger partial charge in [0.05, 0.1) is 0 Å². The summed E-state index contributed by atoms with van der Waals surface area (Å²) in [5.41, 5.74) is 13.0. The molecule has 0 aromatic heterocycles. The van der Waals surface area contributed by atoms with Crippen LogP contribution >= 0.6 is 0 Å². The summed E-state index contributed by atoms with van der Waals surface area (Å²) in [6.45, 7) is 1.92. The van der Waals surface area contributed by atoms with Crippen molar-refractivity contribution >= 4 is 5.69 Å². The van der Waals surface area contributed by atoms with Gasteiger partial charge in [-0.15, -0.1) is 0 Å². The molecule has 0 heterocycles. The summed E-state index contributed by atoms with van der Waals surface area (Å²) in [6.07, 6.45) is -0.977. The molecule has 0 aliphatic carbocycles. The van der Waals surface area contributed by atoms with Gasteiger partial charge in [-0.2, -0.15) is 0 Å². The summed E-state index contributed by atoms with van der Waals surface area (Å²) >= 11 is 0. The molecule has 0 aliphatic rings. The van der Waals surface area contributed by atoms with Gasteiger partial charge in [0.2, 0.25) is 0 Å². The van der Waals surface area contributed by atoms with E-state index in [0.717, 1.165) is 5.56 Å². The molecule has 60 valence electrons. The van der Waals surface area contributed by atoms with E-state index in [9.17, 15) is 0 Å². The van der Waals surface area contributed by atoms with Crippen LogP contribution in [0.4, 0.5) is 5.69 Å². The third kappa shape index (κ3) is 1.69. The Morgan fingerprint density at radius 1 is 1.45 bits per heavy atom. The molecule has 0 saturated carbocycles. The number of hydrogen-bond acceptors (Lipinski definition) is 3. The van der Waals surface area contributed by atoms with Crippen molar-refractivity contribution in [1.29, 1.82) is 0 Å². The van der Waals surface area contributed by atoms with Gasteiger partial charge in [-0.3, -0.25) is 0 Å². The highest BCUT2D eigenvalue weighted by Gasteiger charge is 2.04. The molecule has 0 fully saturated rings. The molecule has 0 amide bonds. The first-order chi connectivity index (χ1) is 5.11. The number of benzene rings is 1. The molecular weight excluding hydrogens is 140 g/mol. The second-order valence-electron chi connectivity index (χ2n) is 2.58. The van der Waals surface area contributed by atoms with Crippen molar-refractivity contribution in [2.45, 2.75) is 13.2 Å². The lowest BCUT2D eigenvalue weighted by atomic mass is 10.1. The Kier molecular flexibility index (Phi) is 2.12. The van der Waals surface area contributed by atoms with E-state index in [4.69, 9.17) is 16.6 Å². The molecule has 5 N–H and O–H groups in total. The van der Waals surface area contributed by atoms with E-state index in [1.807, 2.05) is 13.0 Å². The third-order valence-electron chi connectivity index (χ3n) is 1.56. The van der Waals surface area contributed by atoms with Crippen LogP contribution in [0.3, 0.4) is 0 Å². The SMILES string of the molecule is Cc1ccc(N)c(C(N)O)c1. The molecule has 3 heteroatoms. The molecule has 1 atom stereocenters. The van der Waals surface area contributed by atoms with Gasteiger partial charge in [0.15, 0.2) is 0 Å². The van der Waals surface area contributed by atoms with Gasteiger partial charge < -0.3 is 16.6 Å². The first kappa shape index (κ1) is 8.04. The highest BCUT2D eigenvalue weighted by molar-refractivity contribution is 5.49. The van der Waals surface area contributed by atoms with Gasteiger partial charge in [-0.05, 0) is 13.0 Å². The second kappa shape index (κ2) is 2.90. The molecule has 0 bridgehead atoms. The molecule has 1 rings (SSSR count). The second-order valence-corrected chi connectivity index (χ2v) is 2.58. The van der Waals surface area contributed by atoms with Crippen LogP contribution in [0.2, 0.25) is 0 Å². The van der Waals surface area contributed by atoms with Crippen molar-refractivity contribution in [3.63, 3.8) is 0 Å². The number of nitrogens with two attached hydrogens (primary N) is 2. The maximum Gasteiger partial charge on any atom is 0.130 e. The van der Waals surface area contributed by atoms with Crippen LogP contribution in [0, 0.1) is 6.92 Å². The lowest BCUT2D eigenvalue weighted by molar-refractivity contribution is 0.187. The lowest BCUT2D eigenvalue weighted by Gasteiger charge is -2.08. The summed E-state index contributed by atoms with van der Waals surface area (Å²) in [6, 6.07) is 5.39. The van der Waals surface area contributed by atoms with Gasteiger partial charge in [-0.1, -0.05) is 17.7 Å². The summed E-state index contributed by atoms with van der Waals surface area (Å²) in [4.78, 5) is 0. The van der Waals surface area contributed by atoms with Crippen LogP contribution in [0.15, 0.2) is 18.2 Å². The Balaban J connectivity index is 3.13. The maximum absolute atomic E-state index is 9.03. The molecule has 0 spiro atoms. The molecule has 1 unspecified atom stereocenters. The van der Waals surface area contributed by atoms with E-state index in [1.54, 1.807) is 12.1 Å². The summed E-state index contributed by atoms with van der Waals surface area (Å²) < 4.78 is 0. The van der Waals surface area contributed by atoms with Gasteiger partial charge in [0.1, 0.15) is 6.23 Å². The van der Waals surface area contributed by atoms with E-state index in [-0.39, 0.29) is 0 Å². The fraction of sp³-hybridized carbons (Fsp3) is 0.250. The fourth-order valence-corrected chi connectivity index (χ4v) is 0.950. The van der Waals surface area contributed by atoms with E-state index in [1.165, 1.54) is 0 Å². The molecule has 11 heavy (non-hydrogen) atoms. The first-order valence-corrected chi connectivity index (χ1v) is 3.41. The quantitative estimate of drug-likeness (QED) is 0.406. The molecule has 1 aromatic carbocycles. The number of rotatable bonds is 1. The topological polar surface area (TPSA) is 72.3 Å². The van der Waals surface area contributed by atoms with Crippen LogP contribution in [0.5, 0.6) is 0 Å². The molecule has 0 radical (unpaired) electrons. The normalized spacial score (nSPS) is 13.0. The van der Waals surface area contributed by atoms with Gasteiger partial charge in [0.25, 0.3) is 0 Å². The van der Waals surface area contributed by atoms with Crippen molar-refractivity contribution < 1.29 is 5.11 Å². The van der Waals surface area contributed by atoms with Crippen LogP contribution in [-0.4, -0.2) is 5.11 Å². The number of anilines is 1. The van der Waals surface area contributed by atoms with Crippen LogP contribution in [-0.2, 0) is 0 Å². The van der Waals surface area contributed by atoms with E-state index < -0.39 is 6.23 Å². The first-order valence-electron chi connectivity index (χ1n) is 3.41. The fourth-order valence-electron chi connectivity index (χ4n) is 0.950. The zero-order valence-electron chi connectivity index (χ0n) is 6.41. The predicted molar refractivity (Wildman–Crippen MR) is 44.7 cm³/mol. The summed E-state index contributed by atoms with van der Waals surface area (Å²) in [5, 5.41) is 9.03. The highest BCUT2D eigenvalue weighted by atomic mass is 16.3. The number of aliphatic hydroxyl groups excluding tert-OH is 1. The van der Waals surface area contributed by atoms with Crippen LogP contribution in [0.25, 0.3) is 0 Å². The average molecular weight is 152 g/mol. The van der Waals surface area contributed by atoms with Crippen molar-refractivity contribution in [2.75, 3.05) is 5.73 Å². The minimum Gasteiger partial charge on any atom is -0.398 e. The summed E-state index contributed by atoms with van der Waals surface area (Å²) in [5.74, 6) is 0. The maximum atomic E-state index is 9.03. The largest absolute Gasteiger partial charge is 0.398 e. The van der Waals surface area contributed by atoms with Crippen molar-refractivity contribution in [3.05, 3.63) is 29.3 Å². The molecule has 3 nitrogen and oxygen atoms in total. The Labute approximate surface area is 65.6 Å². The van der Waals surface area contributed by atoms with E-state index in [2.05, 4.69) is 0 Å². The van der Waals surface area contributed by atoms with Gasteiger partial charge >= 0.3 is 0 Å². The van der Waals surface area contributed by atoms with Crippen molar-refractivity contribution in [3.8, 4) is 0 Å². The third-order valence-corrected chi connectivity index (χ3v) is 1.56. The number of nitrogen functional groups attached to an aromatic ring is 1. The van der Waals surface area contributed by atoms with E-state index in [0.29, 0.717) is 11.3 Å². The molecule has 0 saturated heterocycles. The van der Waals surface area contributed by atoms with Crippen LogP contribution in [0.1, 0.15) is 17.4 Å². The highest BCUT2D eigenvalue weighted by Crippen LogP contribution is 2.17. The summed E-state index contributed by atoms with van der Waals surface area (Å²) in [7, 11) is 0. The number of aliphatic hydroxyl groups is 1. The number of hydrogen-bond donors (Lipinski definition) is 3. The van der Waals surface area contributed by atoms with Crippen molar-refractivity contribution in [1.82, 2.24) is 0 Å². The van der Waals surface area contributed by atoms with Gasteiger partial charge in [-0.25, -0.2) is 0 Å². The Morgan fingerprint density at radius 3 is 2.55 bits per heavy atom. The number of aryl methyl sites for hydroxylation is 1. The van der Waals surface area contributed by atoms with Crippen molar-refractivity contribution in [2.24, 2.45) is 5.73 Å². The molecule has 0 aliphatic heterocycles. The minimum atomic E-state index is -0.977. The predicted octanol–water partition coefficient (Wildman–Crippen LogP) is 0.527. The average Bonchev–Trinajstić information content (AvgIpc) is 1.94. The zero-order chi connectivity index (χ0) is 8.43. The Hall–Kier alpha value is -1.06. The smallest absolute Gasteiger partial charge is 0.130 e. The molecular formula is C8H12N2O.